The molecular formula is C14H22Cl2N4O. The highest BCUT2D eigenvalue weighted by Gasteiger charge is 2.10. The SMILES string of the molecule is Cc1nc2ccccc2n1CCNC(=O)C(C)CN.Cl.Cl. The van der Waals surface area contributed by atoms with E-state index >= 15 is 0 Å². The van der Waals surface area contributed by atoms with Crippen molar-refractivity contribution >= 4 is 41.8 Å². The number of nitrogens with one attached hydrogen (secondary N) is 1. The molecule has 118 valence electrons. The van der Waals surface area contributed by atoms with Gasteiger partial charge in [-0.15, -0.1) is 24.8 Å². The molecule has 1 amide bonds. The van der Waals surface area contributed by atoms with Crippen molar-refractivity contribution in [2.75, 3.05) is 13.1 Å². The number of benzene rings is 1. The summed E-state index contributed by atoms with van der Waals surface area (Å²) >= 11 is 0. The molecule has 1 aromatic heterocycles. The zero-order valence-corrected chi connectivity index (χ0v) is 13.8. The van der Waals surface area contributed by atoms with Gasteiger partial charge in [0.15, 0.2) is 0 Å². The molecule has 21 heavy (non-hydrogen) atoms. The molecule has 0 spiro atoms. The van der Waals surface area contributed by atoms with Gasteiger partial charge in [0.1, 0.15) is 5.82 Å². The zero-order valence-electron chi connectivity index (χ0n) is 12.2. The van der Waals surface area contributed by atoms with Gasteiger partial charge in [-0.2, -0.15) is 0 Å². The van der Waals surface area contributed by atoms with Crippen molar-refractivity contribution in [2.24, 2.45) is 11.7 Å². The third-order valence-corrected chi connectivity index (χ3v) is 3.28. The molecule has 0 fully saturated rings. The van der Waals surface area contributed by atoms with Gasteiger partial charge in [0, 0.05) is 25.6 Å². The highest BCUT2D eigenvalue weighted by molar-refractivity contribution is 5.85. The average Bonchev–Trinajstić information content (AvgIpc) is 2.74. The number of hydrogen-bond donors (Lipinski definition) is 2. The Morgan fingerprint density at radius 1 is 1.38 bits per heavy atom. The molecule has 0 saturated carbocycles. The zero-order chi connectivity index (χ0) is 13.8. The topological polar surface area (TPSA) is 72.9 Å². The minimum atomic E-state index is -0.138. The van der Waals surface area contributed by atoms with Crippen LogP contribution in [0, 0.1) is 12.8 Å². The van der Waals surface area contributed by atoms with E-state index in [0.717, 1.165) is 23.4 Å². The molecular weight excluding hydrogens is 311 g/mol. The van der Waals surface area contributed by atoms with E-state index in [1.54, 1.807) is 0 Å². The Balaban J connectivity index is 0.00000200. The van der Waals surface area contributed by atoms with Crippen LogP contribution in [0.2, 0.25) is 0 Å². The summed E-state index contributed by atoms with van der Waals surface area (Å²) in [6.07, 6.45) is 0. The lowest BCUT2D eigenvalue weighted by molar-refractivity contribution is -0.124. The van der Waals surface area contributed by atoms with Gasteiger partial charge < -0.3 is 15.6 Å². The first kappa shape index (κ1) is 19.7. The number of aromatic nitrogens is 2. The second kappa shape index (κ2) is 8.87. The molecule has 0 aliphatic rings. The summed E-state index contributed by atoms with van der Waals surface area (Å²) in [7, 11) is 0. The van der Waals surface area contributed by atoms with Gasteiger partial charge in [-0.05, 0) is 19.1 Å². The van der Waals surface area contributed by atoms with E-state index in [9.17, 15) is 4.79 Å². The molecule has 1 unspecified atom stereocenters. The van der Waals surface area contributed by atoms with E-state index in [2.05, 4.69) is 14.9 Å². The fourth-order valence-electron chi connectivity index (χ4n) is 2.05. The first-order valence-corrected chi connectivity index (χ1v) is 6.53. The minimum Gasteiger partial charge on any atom is -0.354 e. The van der Waals surface area contributed by atoms with Crippen LogP contribution < -0.4 is 11.1 Å². The van der Waals surface area contributed by atoms with Crippen LogP contribution in [0.15, 0.2) is 24.3 Å². The molecule has 1 heterocycles. The van der Waals surface area contributed by atoms with E-state index in [0.29, 0.717) is 13.1 Å². The molecule has 3 N–H and O–H groups in total. The van der Waals surface area contributed by atoms with Crippen LogP contribution in [-0.2, 0) is 11.3 Å². The Morgan fingerprint density at radius 3 is 2.71 bits per heavy atom. The third kappa shape index (κ3) is 4.59. The summed E-state index contributed by atoms with van der Waals surface area (Å²) < 4.78 is 2.11. The van der Waals surface area contributed by atoms with E-state index in [4.69, 9.17) is 5.73 Å². The second-order valence-corrected chi connectivity index (χ2v) is 4.73. The fourth-order valence-corrected chi connectivity index (χ4v) is 2.05. The summed E-state index contributed by atoms with van der Waals surface area (Å²) in [5, 5.41) is 2.90. The van der Waals surface area contributed by atoms with Crippen LogP contribution >= 0.6 is 24.8 Å². The Hall–Kier alpha value is -1.30. The lowest BCUT2D eigenvalue weighted by atomic mass is 10.2. The molecule has 0 saturated heterocycles. The minimum absolute atomic E-state index is 0. The average molecular weight is 333 g/mol. The van der Waals surface area contributed by atoms with Gasteiger partial charge in [-0.1, -0.05) is 19.1 Å². The van der Waals surface area contributed by atoms with Crippen molar-refractivity contribution in [3.05, 3.63) is 30.1 Å². The number of carbonyl (C=O) groups is 1. The number of halogens is 2. The predicted molar refractivity (Wildman–Crippen MR) is 90.2 cm³/mol. The van der Waals surface area contributed by atoms with Crippen molar-refractivity contribution in [3.8, 4) is 0 Å². The highest BCUT2D eigenvalue weighted by atomic mass is 35.5. The number of imidazole rings is 1. The number of aryl methyl sites for hydroxylation is 1. The largest absolute Gasteiger partial charge is 0.354 e. The molecule has 0 bridgehead atoms. The molecule has 1 atom stereocenters. The van der Waals surface area contributed by atoms with Crippen molar-refractivity contribution in [3.63, 3.8) is 0 Å². The standard InChI is InChI=1S/C14H20N4O.2ClH/c1-10(9-15)14(19)16-7-8-18-11(2)17-12-5-3-4-6-13(12)18;;/h3-6,10H,7-9,15H2,1-2H3,(H,16,19);2*1H. The first-order valence-electron chi connectivity index (χ1n) is 6.53. The monoisotopic (exact) mass is 332 g/mol. The van der Waals surface area contributed by atoms with Gasteiger partial charge in [0.05, 0.1) is 11.0 Å². The number of nitrogens with zero attached hydrogens (tertiary/aromatic N) is 2. The van der Waals surface area contributed by atoms with Crippen molar-refractivity contribution in [1.82, 2.24) is 14.9 Å². The molecule has 0 aliphatic carbocycles. The highest BCUT2D eigenvalue weighted by Crippen LogP contribution is 2.14. The lowest BCUT2D eigenvalue weighted by Crippen LogP contribution is -2.35. The molecule has 2 aromatic rings. The van der Waals surface area contributed by atoms with E-state index < -0.39 is 0 Å². The smallest absolute Gasteiger partial charge is 0.224 e. The Morgan fingerprint density at radius 2 is 2.05 bits per heavy atom. The van der Waals surface area contributed by atoms with Crippen LogP contribution in [0.4, 0.5) is 0 Å². The number of hydrogen-bond acceptors (Lipinski definition) is 3. The number of fused-ring (bicyclic) bond motifs is 1. The summed E-state index contributed by atoms with van der Waals surface area (Å²) in [6.45, 7) is 5.48. The van der Waals surface area contributed by atoms with Gasteiger partial charge in [0.2, 0.25) is 5.91 Å². The maximum Gasteiger partial charge on any atom is 0.224 e. The third-order valence-electron chi connectivity index (χ3n) is 3.28. The van der Waals surface area contributed by atoms with Crippen LogP contribution in [0.1, 0.15) is 12.7 Å². The molecule has 5 nitrogen and oxygen atoms in total. The van der Waals surface area contributed by atoms with Crippen LogP contribution in [0.5, 0.6) is 0 Å². The van der Waals surface area contributed by atoms with Crippen molar-refractivity contribution in [2.45, 2.75) is 20.4 Å². The van der Waals surface area contributed by atoms with Gasteiger partial charge >= 0.3 is 0 Å². The molecule has 7 heteroatoms. The first-order chi connectivity index (χ1) is 9.13. The maximum absolute atomic E-state index is 11.6. The molecule has 1 aromatic carbocycles. The van der Waals surface area contributed by atoms with Crippen LogP contribution in [0.25, 0.3) is 11.0 Å². The molecule has 2 rings (SSSR count). The fraction of sp³-hybridized carbons (Fsp3) is 0.429. The quantitative estimate of drug-likeness (QED) is 0.878. The summed E-state index contributed by atoms with van der Waals surface area (Å²) in [5.41, 5.74) is 7.55. The van der Waals surface area contributed by atoms with Crippen molar-refractivity contribution < 1.29 is 4.79 Å². The van der Waals surface area contributed by atoms with Crippen LogP contribution in [0.3, 0.4) is 0 Å². The number of nitrogens with two attached hydrogens (primary N) is 1. The van der Waals surface area contributed by atoms with E-state index in [1.807, 2.05) is 38.1 Å². The lowest BCUT2D eigenvalue weighted by Gasteiger charge is -2.11. The summed E-state index contributed by atoms with van der Waals surface area (Å²) in [4.78, 5) is 16.1. The predicted octanol–water partition coefficient (Wildman–Crippen LogP) is 1.90. The molecule has 0 aliphatic heterocycles. The Kier molecular flexibility index (Phi) is 8.32. The Bertz CT molecular complexity index is 585. The Labute approximate surface area is 137 Å². The number of amides is 1. The number of rotatable bonds is 5. The molecule has 0 radical (unpaired) electrons. The van der Waals surface area contributed by atoms with Gasteiger partial charge in [-0.3, -0.25) is 4.79 Å². The number of carbonyl (C=O) groups excluding carboxylic acids is 1. The van der Waals surface area contributed by atoms with Gasteiger partial charge in [0.25, 0.3) is 0 Å². The van der Waals surface area contributed by atoms with E-state index in [-0.39, 0.29) is 36.6 Å². The van der Waals surface area contributed by atoms with Gasteiger partial charge in [-0.25, -0.2) is 4.98 Å². The van der Waals surface area contributed by atoms with Crippen molar-refractivity contribution in [1.29, 1.82) is 0 Å². The van der Waals surface area contributed by atoms with Crippen LogP contribution in [-0.4, -0.2) is 28.5 Å². The second-order valence-electron chi connectivity index (χ2n) is 4.73. The van der Waals surface area contributed by atoms with E-state index in [1.165, 1.54) is 0 Å². The normalized spacial score (nSPS) is 11.4. The summed E-state index contributed by atoms with van der Waals surface area (Å²) in [6, 6.07) is 8.01. The number of para-hydroxylation sites is 2. The maximum atomic E-state index is 11.6. The summed E-state index contributed by atoms with van der Waals surface area (Å²) in [5.74, 6) is 0.826.